The van der Waals surface area contributed by atoms with Crippen LogP contribution in [0.3, 0.4) is 0 Å². The Balaban J connectivity index is 1.15. The molecule has 1 aromatic carbocycles. The van der Waals surface area contributed by atoms with E-state index >= 15 is 0 Å². The number of amides is 2. The Morgan fingerprint density at radius 3 is 2.27 bits per heavy atom. The molecule has 5 aliphatic carbocycles. The van der Waals surface area contributed by atoms with Crippen molar-refractivity contribution in [1.82, 2.24) is 15.6 Å². The summed E-state index contributed by atoms with van der Waals surface area (Å²) in [7, 11) is 0. The molecule has 6 aliphatic rings. The van der Waals surface area contributed by atoms with Crippen molar-refractivity contribution in [3.63, 3.8) is 0 Å². The molecule has 1 saturated heterocycles. The van der Waals surface area contributed by atoms with Crippen LogP contribution in [0.2, 0.25) is 0 Å². The predicted molar refractivity (Wildman–Crippen MR) is 157 cm³/mol. The Kier molecular flexibility index (Phi) is 7.84. The number of hydrogen-bond acceptors (Lipinski definition) is 5. The second kappa shape index (κ2) is 11.5. The second-order valence-electron chi connectivity index (χ2n) is 13.2. The number of nitrogens with zero attached hydrogens (tertiary/aromatic N) is 2. The number of hydrazone groups is 1. The predicted octanol–water partition coefficient (Wildman–Crippen LogP) is 4.91. The molecule has 0 radical (unpaired) electrons. The molecule has 5 fully saturated rings. The number of hydrogen-bond donors (Lipinski definition) is 2. The molecule has 2 N–H and O–H groups in total. The molecule has 1 heterocycles. The van der Waals surface area contributed by atoms with E-state index in [0.717, 1.165) is 50.8 Å². The van der Waals surface area contributed by atoms with E-state index in [4.69, 9.17) is 4.74 Å². The zero-order valence-electron chi connectivity index (χ0n) is 24.0. The van der Waals surface area contributed by atoms with Crippen molar-refractivity contribution >= 4 is 24.1 Å². The van der Waals surface area contributed by atoms with Gasteiger partial charge in [-0.15, -0.1) is 0 Å². The third kappa shape index (κ3) is 5.63. The second-order valence-corrected chi connectivity index (χ2v) is 13.2. The van der Waals surface area contributed by atoms with E-state index in [0.29, 0.717) is 31.0 Å². The summed E-state index contributed by atoms with van der Waals surface area (Å²) in [5.74, 6) is 1.89. The number of nitrogens with one attached hydrogen (secondary N) is 2. The summed E-state index contributed by atoms with van der Waals surface area (Å²) in [5.41, 5.74) is 7.32. The van der Waals surface area contributed by atoms with Crippen LogP contribution in [0.1, 0.15) is 70.8 Å². The first kappa shape index (κ1) is 27.3. The standard InChI is InChI=1S/C33H44N4O3/c1-22(2)29(35-32(39)33-18-24-14-25(19-33)16-26(15-24)20-33)31(38)36-34-21-28-9-8-27(17-23-6-4-3-5-7-23)30(28)37-10-12-40-13-11-37/h3-7,17,21-22,24-26,29H,8-16,18-20H2,1-2H3,(H,35,39)(H,36,38)/b27-17-,34-21+. The summed E-state index contributed by atoms with van der Waals surface area (Å²) in [5, 5.41) is 7.60. The van der Waals surface area contributed by atoms with Crippen molar-refractivity contribution in [1.29, 1.82) is 0 Å². The fourth-order valence-electron chi connectivity index (χ4n) is 8.38. The molecule has 214 valence electrons. The highest BCUT2D eigenvalue weighted by Crippen LogP contribution is 2.60. The summed E-state index contributed by atoms with van der Waals surface area (Å²) in [6, 6.07) is 9.81. The number of carbonyl (C=O) groups excluding carboxylic acids is 2. The normalized spacial score (nSPS) is 31.4. The molecule has 40 heavy (non-hydrogen) atoms. The quantitative estimate of drug-likeness (QED) is 0.360. The van der Waals surface area contributed by atoms with Gasteiger partial charge in [0.15, 0.2) is 0 Å². The summed E-state index contributed by atoms with van der Waals surface area (Å²) in [4.78, 5) is 29.3. The molecule has 7 heteroatoms. The van der Waals surface area contributed by atoms with Crippen LogP contribution in [-0.4, -0.2) is 55.3 Å². The molecule has 0 spiro atoms. The fraction of sp³-hybridized carbons (Fsp3) is 0.606. The third-order valence-electron chi connectivity index (χ3n) is 9.89. The van der Waals surface area contributed by atoms with Crippen molar-refractivity contribution in [2.24, 2.45) is 34.2 Å². The van der Waals surface area contributed by atoms with E-state index in [2.05, 4.69) is 51.1 Å². The van der Waals surface area contributed by atoms with E-state index in [1.165, 1.54) is 36.1 Å². The van der Waals surface area contributed by atoms with Gasteiger partial charge in [0.1, 0.15) is 6.04 Å². The van der Waals surface area contributed by atoms with Gasteiger partial charge in [-0.2, -0.15) is 5.10 Å². The molecule has 4 saturated carbocycles. The fourth-order valence-corrected chi connectivity index (χ4v) is 8.38. The zero-order chi connectivity index (χ0) is 27.7. The van der Waals surface area contributed by atoms with Gasteiger partial charge in [-0.1, -0.05) is 44.2 Å². The minimum absolute atomic E-state index is 0.0249. The van der Waals surface area contributed by atoms with Crippen LogP contribution >= 0.6 is 0 Å². The lowest BCUT2D eigenvalue weighted by molar-refractivity contribution is -0.149. The maximum atomic E-state index is 13.6. The number of allylic oxidation sites excluding steroid dienone is 2. The largest absolute Gasteiger partial charge is 0.378 e. The lowest BCUT2D eigenvalue weighted by Gasteiger charge is -2.55. The Bertz CT molecular complexity index is 1160. The van der Waals surface area contributed by atoms with Gasteiger partial charge < -0.3 is 15.0 Å². The van der Waals surface area contributed by atoms with E-state index in [-0.39, 0.29) is 23.1 Å². The van der Waals surface area contributed by atoms with Crippen LogP contribution in [-0.2, 0) is 14.3 Å². The minimum Gasteiger partial charge on any atom is -0.378 e. The number of morpholine rings is 1. The van der Waals surface area contributed by atoms with Gasteiger partial charge in [0.2, 0.25) is 5.91 Å². The molecule has 7 rings (SSSR count). The van der Waals surface area contributed by atoms with Crippen molar-refractivity contribution < 1.29 is 14.3 Å². The van der Waals surface area contributed by atoms with Crippen LogP contribution in [0.5, 0.6) is 0 Å². The number of rotatable bonds is 8. The molecule has 4 bridgehead atoms. The Hall–Kier alpha value is -2.93. The summed E-state index contributed by atoms with van der Waals surface area (Å²) >= 11 is 0. The van der Waals surface area contributed by atoms with Gasteiger partial charge in [-0.3, -0.25) is 9.59 Å². The van der Waals surface area contributed by atoms with Gasteiger partial charge in [0, 0.05) is 24.2 Å². The van der Waals surface area contributed by atoms with Crippen molar-refractivity contribution in [2.45, 2.75) is 71.3 Å². The lowest BCUT2D eigenvalue weighted by atomic mass is 9.49. The Morgan fingerprint density at radius 2 is 1.65 bits per heavy atom. The van der Waals surface area contributed by atoms with E-state index in [9.17, 15) is 9.59 Å². The van der Waals surface area contributed by atoms with Gasteiger partial charge in [-0.05, 0) is 97.8 Å². The monoisotopic (exact) mass is 544 g/mol. The molecular weight excluding hydrogens is 500 g/mol. The highest BCUT2D eigenvalue weighted by molar-refractivity contribution is 5.91. The topological polar surface area (TPSA) is 83.0 Å². The van der Waals surface area contributed by atoms with E-state index in [1.54, 1.807) is 0 Å². The summed E-state index contributed by atoms with van der Waals surface area (Å²) < 4.78 is 5.61. The minimum atomic E-state index is -0.595. The first-order chi connectivity index (χ1) is 19.4. The first-order valence-electron chi connectivity index (χ1n) is 15.4. The van der Waals surface area contributed by atoms with Crippen LogP contribution < -0.4 is 10.7 Å². The molecule has 0 aromatic heterocycles. The van der Waals surface area contributed by atoms with Crippen molar-refractivity contribution in [3.8, 4) is 0 Å². The number of benzene rings is 1. The summed E-state index contributed by atoms with van der Waals surface area (Å²) in [6.45, 7) is 7.09. The van der Waals surface area contributed by atoms with Crippen LogP contribution in [0.4, 0.5) is 0 Å². The zero-order valence-corrected chi connectivity index (χ0v) is 24.0. The molecule has 1 atom stereocenters. The highest BCUT2D eigenvalue weighted by Gasteiger charge is 2.55. The van der Waals surface area contributed by atoms with E-state index in [1.807, 2.05) is 26.1 Å². The first-order valence-corrected chi connectivity index (χ1v) is 15.4. The Labute approximate surface area is 238 Å². The molecule has 1 aliphatic heterocycles. The average Bonchev–Trinajstić information content (AvgIpc) is 3.33. The Morgan fingerprint density at radius 1 is 1.00 bits per heavy atom. The molecular formula is C33H44N4O3. The average molecular weight is 545 g/mol. The summed E-state index contributed by atoms with van der Waals surface area (Å²) in [6.07, 6.45) is 12.7. The van der Waals surface area contributed by atoms with E-state index < -0.39 is 6.04 Å². The SMILES string of the molecule is CC(C)C(NC(=O)C12CC3CC(CC(C3)C1)C2)C(=O)N/N=C/C1=C(N2CCOCC2)C(=C\c2ccccc2)/CC1. The van der Waals surface area contributed by atoms with Crippen LogP contribution in [0.25, 0.3) is 6.08 Å². The molecule has 1 unspecified atom stereocenters. The maximum absolute atomic E-state index is 13.6. The van der Waals surface area contributed by atoms with Crippen LogP contribution in [0, 0.1) is 29.1 Å². The highest BCUT2D eigenvalue weighted by atomic mass is 16.5. The smallest absolute Gasteiger partial charge is 0.262 e. The van der Waals surface area contributed by atoms with Crippen molar-refractivity contribution in [2.75, 3.05) is 26.3 Å². The lowest BCUT2D eigenvalue weighted by Crippen LogP contribution is -2.58. The third-order valence-corrected chi connectivity index (χ3v) is 9.89. The molecule has 2 amide bonds. The van der Waals surface area contributed by atoms with Gasteiger partial charge in [0.05, 0.1) is 19.4 Å². The van der Waals surface area contributed by atoms with Gasteiger partial charge in [-0.25, -0.2) is 5.43 Å². The molecule has 7 nitrogen and oxygen atoms in total. The van der Waals surface area contributed by atoms with Crippen LogP contribution in [0.15, 0.2) is 52.3 Å². The van der Waals surface area contributed by atoms with Crippen molar-refractivity contribution in [3.05, 3.63) is 52.7 Å². The maximum Gasteiger partial charge on any atom is 0.262 e. The van der Waals surface area contributed by atoms with Gasteiger partial charge >= 0.3 is 0 Å². The molecule has 1 aromatic rings. The van der Waals surface area contributed by atoms with Gasteiger partial charge in [0.25, 0.3) is 5.91 Å². The number of carbonyl (C=O) groups is 2. The number of ether oxygens (including phenoxy) is 1.